The van der Waals surface area contributed by atoms with Crippen molar-refractivity contribution in [2.45, 2.75) is 0 Å². The first-order valence-corrected chi connectivity index (χ1v) is 22.2. The van der Waals surface area contributed by atoms with Crippen LogP contribution >= 0.6 is 0 Å². The number of carbonyl (C=O) groups is 4. The highest BCUT2D eigenvalue weighted by Gasteiger charge is 2.36. The summed E-state index contributed by atoms with van der Waals surface area (Å²) in [7, 11) is 0. The molecule has 0 radical (unpaired) electrons. The molecule has 0 unspecified atom stereocenters. The van der Waals surface area contributed by atoms with E-state index >= 15 is 0 Å². The van der Waals surface area contributed by atoms with E-state index in [2.05, 4.69) is 30.6 Å². The summed E-state index contributed by atoms with van der Waals surface area (Å²) in [6.45, 7) is 0. The molecule has 0 bridgehead atoms. The van der Waals surface area contributed by atoms with Gasteiger partial charge in [-0.3, -0.25) is 39.1 Å². The third-order valence-corrected chi connectivity index (χ3v) is 11.9. The van der Waals surface area contributed by atoms with Crippen LogP contribution < -0.4 is 10.6 Å². The second-order valence-corrected chi connectivity index (χ2v) is 16.3. The molecule has 6 heterocycles. The van der Waals surface area contributed by atoms with Gasteiger partial charge in [0.1, 0.15) is 0 Å². The van der Waals surface area contributed by atoms with Crippen molar-refractivity contribution >= 4 is 34.8 Å². The molecule has 332 valence electrons. The minimum Gasteiger partial charge on any atom is -0.322 e. The van der Waals surface area contributed by atoms with Crippen LogP contribution in [0.15, 0.2) is 207 Å². The van der Waals surface area contributed by atoms with E-state index < -0.39 is 23.4 Å². The van der Waals surface area contributed by atoms with E-state index in [0.717, 1.165) is 22.3 Å². The number of hydrogen-bond acceptors (Lipinski definition) is 10. The van der Waals surface area contributed by atoms with Gasteiger partial charge >= 0.3 is 0 Å². The zero-order chi connectivity index (χ0) is 47.6. The number of amides is 2. The minimum absolute atomic E-state index is 0.000894. The van der Waals surface area contributed by atoms with Crippen LogP contribution in [0.3, 0.4) is 0 Å². The van der Waals surface area contributed by atoms with E-state index in [0.29, 0.717) is 56.9 Å². The molecule has 4 aromatic carbocycles. The summed E-state index contributed by atoms with van der Waals surface area (Å²) in [5.41, 5.74) is 9.88. The van der Waals surface area contributed by atoms with Crippen molar-refractivity contribution in [1.82, 2.24) is 29.9 Å². The summed E-state index contributed by atoms with van der Waals surface area (Å²) in [5, 5.41) is 5.81. The highest BCUT2D eigenvalue weighted by molar-refractivity contribution is 6.33. The molecule has 0 saturated heterocycles. The first-order chi connectivity index (χ1) is 34.3. The minimum atomic E-state index is -0.609. The molecular formula is C58H36N8O4. The van der Waals surface area contributed by atoms with Crippen molar-refractivity contribution in [2.24, 2.45) is 0 Å². The number of nitrogens with one attached hydrogen (secondary N) is 2. The smallest absolute Gasteiger partial charge is 0.256 e. The fourth-order valence-electron chi connectivity index (χ4n) is 8.49. The monoisotopic (exact) mass is 908 g/mol. The molecular weight excluding hydrogens is 873 g/mol. The molecule has 2 amide bonds. The maximum Gasteiger partial charge on any atom is 0.256 e. The van der Waals surface area contributed by atoms with E-state index in [4.69, 9.17) is 9.97 Å². The van der Waals surface area contributed by atoms with Gasteiger partial charge in [-0.25, -0.2) is 9.97 Å². The third kappa shape index (κ3) is 8.39. The van der Waals surface area contributed by atoms with Crippen LogP contribution in [0.2, 0.25) is 0 Å². The number of carbonyl (C=O) groups excluding carboxylic acids is 4. The molecule has 11 rings (SSSR count). The lowest BCUT2D eigenvalue weighted by molar-refractivity contribution is 0.0963. The van der Waals surface area contributed by atoms with Gasteiger partial charge < -0.3 is 10.6 Å². The number of aromatic nitrogens is 6. The van der Waals surface area contributed by atoms with E-state index in [1.165, 1.54) is 24.3 Å². The summed E-state index contributed by atoms with van der Waals surface area (Å²) in [4.78, 5) is 84.6. The lowest BCUT2D eigenvalue weighted by Gasteiger charge is -2.22. The molecule has 1 aliphatic carbocycles. The molecule has 6 aromatic heterocycles. The summed E-state index contributed by atoms with van der Waals surface area (Å²) < 4.78 is 0. The van der Waals surface area contributed by atoms with Crippen molar-refractivity contribution in [3.63, 3.8) is 0 Å². The number of nitrogens with zero attached hydrogens (tertiary/aromatic N) is 6. The van der Waals surface area contributed by atoms with Crippen LogP contribution in [0.25, 0.3) is 67.8 Å². The summed E-state index contributed by atoms with van der Waals surface area (Å²) in [6, 6.07) is 54.1. The van der Waals surface area contributed by atoms with Gasteiger partial charge in [0, 0.05) is 58.4 Å². The number of benzene rings is 4. The van der Waals surface area contributed by atoms with Gasteiger partial charge in [0.15, 0.2) is 11.6 Å². The number of pyridine rings is 6. The fourth-order valence-corrected chi connectivity index (χ4v) is 8.49. The van der Waals surface area contributed by atoms with Gasteiger partial charge in [-0.1, -0.05) is 72.8 Å². The average molecular weight is 909 g/mol. The SMILES string of the molecule is O=C(Nc1ccc(-c2cc(-c3ccccn3)nc(-c3ccccn3)c2)cc1)c1cccc2c1C(=O)c1c(C(=O)Nc3ccc(-c4cc(-c5ccccn5)nc(-c5ccccn5)c4)cc3)cccc1C2=O. The molecule has 0 saturated carbocycles. The van der Waals surface area contributed by atoms with Crippen molar-refractivity contribution < 1.29 is 19.2 Å². The normalized spacial score (nSPS) is 11.6. The van der Waals surface area contributed by atoms with Crippen molar-refractivity contribution in [1.29, 1.82) is 0 Å². The summed E-state index contributed by atoms with van der Waals surface area (Å²) >= 11 is 0. The summed E-state index contributed by atoms with van der Waals surface area (Å²) in [6.07, 6.45) is 6.87. The van der Waals surface area contributed by atoms with Gasteiger partial charge in [-0.2, -0.15) is 0 Å². The van der Waals surface area contributed by atoms with Crippen LogP contribution in [-0.4, -0.2) is 53.3 Å². The number of fused-ring (bicyclic) bond motifs is 2. The number of rotatable bonds is 10. The lowest BCUT2D eigenvalue weighted by atomic mass is 9.79. The van der Waals surface area contributed by atoms with Gasteiger partial charge in [-0.05, 0) is 131 Å². The maximum atomic E-state index is 14.6. The predicted octanol–water partition coefficient (Wildman–Crippen LogP) is 11.3. The topological polar surface area (TPSA) is 170 Å². The van der Waals surface area contributed by atoms with Crippen LogP contribution in [-0.2, 0) is 0 Å². The van der Waals surface area contributed by atoms with Gasteiger partial charge in [0.05, 0.1) is 56.7 Å². The van der Waals surface area contributed by atoms with Crippen molar-refractivity contribution in [3.05, 3.63) is 240 Å². The highest BCUT2D eigenvalue weighted by Crippen LogP contribution is 2.35. The van der Waals surface area contributed by atoms with Gasteiger partial charge in [0.25, 0.3) is 11.8 Å². The zero-order valence-electron chi connectivity index (χ0n) is 36.9. The van der Waals surface area contributed by atoms with Crippen LogP contribution in [0, 0.1) is 0 Å². The Balaban J connectivity index is 0.841. The first-order valence-electron chi connectivity index (χ1n) is 22.2. The molecule has 0 fully saturated rings. The Morgan fingerprint density at radius 2 is 0.671 bits per heavy atom. The molecule has 1 aliphatic rings. The molecule has 0 aliphatic heterocycles. The highest BCUT2D eigenvalue weighted by atomic mass is 16.2. The van der Waals surface area contributed by atoms with Crippen LogP contribution in [0.5, 0.6) is 0 Å². The van der Waals surface area contributed by atoms with E-state index in [9.17, 15) is 19.2 Å². The maximum absolute atomic E-state index is 14.6. The second-order valence-electron chi connectivity index (χ2n) is 16.3. The van der Waals surface area contributed by atoms with Crippen molar-refractivity contribution in [2.75, 3.05) is 10.6 Å². The Bertz CT molecular complexity index is 3290. The standard InChI is InChI=1S/C58H36N8O4/c67-55-41-11-9-13-43(57(69)63-39-23-19-35(20-24-39)37-31-49(45-15-1-5-27-59-45)65-50(32-37)46-16-2-6-28-60-46)53(41)56(68)54-42(55)12-10-14-44(54)58(70)64-40-25-21-36(22-26-40)38-33-51(47-17-3-7-29-61-47)66-52(34-38)48-18-4-8-30-62-48/h1-34H,(H,63,69)(H,64,70). The largest absolute Gasteiger partial charge is 0.322 e. The van der Waals surface area contributed by atoms with Crippen LogP contribution in [0.1, 0.15) is 52.6 Å². The van der Waals surface area contributed by atoms with E-state index in [1.807, 2.05) is 121 Å². The first kappa shape index (κ1) is 42.7. The molecule has 0 spiro atoms. The predicted molar refractivity (Wildman–Crippen MR) is 268 cm³/mol. The third-order valence-electron chi connectivity index (χ3n) is 11.9. The molecule has 2 N–H and O–H groups in total. The molecule has 70 heavy (non-hydrogen) atoms. The fraction of sp³-hybridized carbons (Fsp3) is 0. The molecule has 10 aromatic rings. The second kappa shape index (κ2) is 18.4. The average Bonchev–Trinajstić information content (AvgIpc) is 3.43. The van der Waals surface area contributed by atoms with Crippen LogP contribution in [0.4, 0.5) is 11.4 Å². The molecule has 12 nitrogen and oxygen atoms in total. The molecule has 12 heteroatoms. The van der Waals surface area contributed by atoms with Gasteiger partial charge in [0.2, 0.25) is 0 Å². The van der Waals surface area contributed by atoms with E-state index in [-0.39, 0.29) is 33.4 Å². The van der Waals surface area contributed by atoms with Gasteiger partial charge in [-0.15, -0.1) is 0 Å². The zero-order valence-corrected chi connectivity index (χ0v) is 36.9. The Hall–Kier alpha value is -9.94. The Morgan fingerprint density at radius 3 is 0.986 bits per heavy atom. The lowest BCUT2D eigenvalue weighted by Crippen LogP contribution is -2.28. The number of ketones is 2. The number of anilines is 2. The number of hydrogen-bond donors (Lipinski definition) is 2. The van der Waals surface area contributed by atoms with E-state index in [1.54, 1.807) is 61.2 Å². The van der Waals surface area contributed by atoms with Crippen molar-refractivity contribution in [3.8, 4) is 67.8 Å². The Morgan fingerprint density at radius 1 is 0.329 bits per heavy atom. The Labute approximate surface area is 400 Å². The summed E-state index contributed by atoms with van der Waals surface area (Å²) in [5.74, 6) is -2.27. The quantitative estimate of drug-likeness (QED) is 0.135. The molecule has 0 atom stereocenters. The Kier molecular flexibility index (Phi) is 11.2.